The quantitative estimate of drug-likeness (QED) is 0.895. The number of ether oxygens (including phenoxy) is 1. The standard InChI is InChI=1S/C12H15BrO2/c1-8-7-9(13)5-6-11(8)15-12-4-2-3-10(12)14/h5-7,10,12,14H,2-4H2,1H3/t10-,12-/m1/s1. The van der Waals surface area contributed by atoms with Gasteiger partial charge < -0.3 is 9.84 Å². The van der Waals surface area contributed by atoms with Crippen molar-refractivity contribution in [2.45, 2.75) is 38.4 Å². The van der Waals surface area contributed by atoms with Gasteiger partial charge >= 0.3 is 0 Å². The lowest BCUT2D eigenvalue weighted by Crippen LogP contribution is -2.25. The maximum absolute atomic E-state index is 9.66. The van der Waals surface area contributed by atoms with E-state index in [0.29, 0.717) is 0 Å². The third kappa shape index (κ3) is 2.52. The molecule has 0 bridgehead atoms. The molecule has 0 aliphatic heterocycles. The van der Waals surface area contributed by atoms with Crippen LogP contribution in [0.2, 0.25) is 0 Å². The summed E-state index contributed by atoms with van der Waals surface area (Å²) in [5, 5.41) is 9.66. The van der Waals surface area contributed by atoms with Gasteiger partial charge in [0, 0.05) is 4.47 Å². The molecule has 2 rings (SSSR count). The summed E-state index contributed by atoms with van der Waals surface area (Å²) in [6, 6.07) is 5.94. The monoisotopic (exact) mass is 270 g/mol. The van der Waals surface area contributed by atoms with E-state index >= 15 is 0 Å². The fourth-order valence-electron chi connectivity index (χ4n) is 1.95. The van der Waals surface area contributed by atoms with Crippen LogP contribution >= 0.6 is 15.9 Å². The van der Waals surface area contributed by atoms with Gasteiger partial charge in [-0.05, 0) is 49.9 Å². The molecule has 1 fully saturated rings. The topological polar surface area (TPSA) is 29.5 Å². The summed E-state index contributed by atoms with van der Waals surface area (Å²) in [6.07, 6.45) is 2.55. The van der Waals surface area contributed by atoms with Gasteiger partial charge in [-0.15, -0.1) is 0 Å². The van der Waals surface area contributed by atoms with Crippen LogP contribution < -0.4 is 4.74 Å². The maximum Gasteiger partial charge on any atom is 0.124 e. The Labute approximate surface area is 98.4 Å². The lowest BCUT2D eigenvalue weighted by atomic mass is 10.2. The van der Waals surface area contributed by atoms with E-state index in [2.05, 4.69) is 15.9 Å². The summed E-state index contributed by atoms with van der Waals surface area (Å²) < 4.78 is 6.86. The van der Waals surface area contributed by atoms with Crippen LogP contribution in [0.25, 0.3) is 0 Å². The van der Waals surface area contributed by atoms with Gasteiger partial charge in [0.25, 0.3) is 0 Å². The molecule has 1 aromatic rings. The molecule has 2 atom stereocenters. The van der Waals surface area contributed by atoms with E-state index in [1.807, 2.05) is 25.1 Å². The van der Waals surface area contributed by atoms with Crippen LogP contribution in [-0.2, 0) is 0 Å². The maximum atomic E-state index is 9.66. The van der Waals surface area contributed by atoms with Crippen molar-refractivity contribution in [3.05, 3.63) is 28.2 Å². The first-order chi connectivity index (χ1) is 7.16. The molecular weight excluding hydrogens is 256 g/mol. The van der Waals surface area contributed by atoms with Crippen LogP contribution in [0.5, 0.6) is 5.75 Å². The van der Waals surface area contributed by atoms with Crippen molar-refractivity contribution in [2.75, 3.05) is 0 Å². The molecule has 15 heavy (non-hydrogen) atoms. The molecular formula is C12H15BrO2. The van der Waals surface area contributed by atoms with Gasteiger partial charge in [0.15, 0.2) is 0 Å². The minimum atomic E-state index is -0.298. The molecule has 82 valence electrons. The van der Waals surface area contributed by atoms with Gasteiger partial charge in [0.2, 0.25) is 0 Å². The highest BCUT2D eigenvalue weighted by Gasteiger charge is 2.27. The Morgan fingerprint density at radius 1 is 1.40 bits per heavy atom. The number of rotatable bonds is 2. The molecule has 2 nitrogen and oxygen atoms in total. The van der Waals surface area contributed by atoms with Crippen molar-refractivity contribution < 1.29 is 9.84 Å². The highest BCUT2D eigenvalue weighted by atomic mass is 79.9. The number of hydrogen-bond acceptors (Lipinski definition) is 2. The van der Waals surface area contributed by atoms with Crippen molar-refractivity contribution in [1.29, 1.82) is 0 Å². The van der Waals surface area contributed by atoms with Crippen molar-refractivity contribution in [2.24, 2.45) is 0 Å². The van der Waals surface area contributed by atoms with E-state index in [4.69, 9.17) is 4.74 Å². The number of benzene rings is 1. The highest BCUT2D eigenvalue weighted by Crippen LogP contribution is 2.28. The fraction of sp³-hybridized carbons (Fsp3) is 0.500. The van der Waals surface area contributed by atoms with Gasteiger partial charge in [-0.1, -0.05) is 15.9 Å². The predicted molar refractivity (Wildman–Crippen MR) is 63.2 cm³/mol. The molecule has 3 heteroatoms. The van der Waals surface area contributed by atoms with Gasteiger partial charge in [0.05, 0.1) is 6.10 Å². The normalized spacial score (nSPS) is 25.5. The fourth-order valence-corrected chi connectivity index (χ4v) is 2.43. The van der Waals surface area contributed by atoms with E-state index in [-0.39, 0.29) is 12.2 Å². The number of aliphatic hydroxyl groups is 1. The Bertz CT molecular complexity index is 351. The van der Waals surface area contributed by atoms with Crippen molar-refractivity contribution in [1.82, 2.24) is 0 Å². The van der Waals surface area contributed by atoms with Crippen LogP contribution in [0.3, 0.4) is 0 Å². The first kappa shape index (κ1) is 11.0. The van der Waals surface area contributed by atoms with E-state index in [1.54, 1.807) is 0 Å². The number of hydrogen-bond donors (Lipinski definition) is 1. The van der Waals surface area contributed by atoms with Gasteiger partial charge in [-0.3, -0.25) is 0 Å². The third-order valence-electron chi connectivity index (χ3n) is 2.83. The van der Waals surface area contributed by atoms with Crippen LogP contribution in [0.1, 0.15) is 24.8 Å². The second kappa shape index (κ2) is 4.54. The summed E-state index contributed by atoms with van der Waals surface area (Å²) >= 11 is 3.42. The van der Waals surface area contributed by atoms with E-state index in [1.165, 1.54) is 0 Å². The lowest BCUT2D eigenvalue weighted by Gasteiger charge is -2.18. The first-order valence-electron chi connectivity index (χ1n) is 5.27. The van der Waals surface area contributed by atoms with Crippen molar-refractivity contribution in [3.63, 3.8) is 0 Å². The average molecular weight is 271 g/mol. The average Bonchev–Trinajstić information content (AvgIpc) is 2.57. The minimum Gasteiger partial charge on any atom is -0.487 e. The van der Waals surface area contributed by atoms with E-state index in [9.17, 15) is 5.11 Å². The SMILES string of the molecule is Cc1cc(Br)ccc1O[C@@H]1CCC[C@H]1O. The molecule has 0 radical (unpaired) electrons. The van der Waals surface area contributed by atoms with Gasteiger partial charge in [0.1, 0.15) is 11.9 Å². The minimum absolute atomic E-state index is 0.0233. The van der Waals surface area contributed by atoms with Crippen molar-refractivity contribution >= 4 is 15.9 Å². The summed E-state index contributed by atoms with van der Waals surface area (Å²) in [7, 11) is 0. The molecule has 1 N–H and O–H groups in total. The van der Waals surface area contributed by atoms with E-state index < -0.39 is 0 Å². The zero-order valence-corrected chi connectivity index (χ0v) is 10.3. The van der Waals surface area contributed by atoms with Gasteiger partial charge in [-0.25, -0.2) is 0 Å². The Morgan fingerprint density at radius 3 is 2.80 bits per heavy atom. The molecule has 0 unspecified atom stereocenters. The zero-order valence-electron chi connectivity index (χ0n) is 8.74. The van der Waals surface area contributed by atoms with Gasteiger partial charge in [-0.2, -0.15) is 0 Å². The summed E-state index contributed by atoms with van der Waals surface area (Å²) in [6.45, 7) is 2.02. The van der Waals surface area contributed by atoms with Crippen molar-refractivity contribution in [3.8, 4) is 5.75 Å². The van der Waals surface area contributed by atoms with E-state index in [0.717, 1.165) is 35.0 Å². The second-order valence-corrected chi connectivity index (χ2v) is 4.98. The first-order valence-corrected chi connectivity index (χ1v) is 6.07. The molecule has 1 aromatic carbocycles. The predicted octanol–water partition coefficient (Wildman–Crippen LogP) is 3.05. The Kier molecular flexibility index (Phi) is 3.32. The molecule has 0 amide bonds. The summed E-state index contributed by atoms with van der Waals surface area (Å²) in [5.74, 6) is 0.879. The molecule has 1 saturated carbocycles. The Hall–Kier alpha value is -0.540. The highest BCUT2D eigenvalue weighted by molar-refractivity contribution is 9.10. The molecule has 0 saturated heterocycles. The zero-order chi connectivity index (χ0) is 10.8. The lowest BCUT2D eigenvalue weighted by molar-refractivity contribution is 0.0599. The number of aryl methyl sites for hydroxylation is 1. The number of aliphatic hydroxyl groups excluding tert-OH is 1. The summed E-state index contributed by atoms with van der Waals surface area (Å²) in [5.41, 5.74) is 1.10. The molecule has 0 spiro atoms. The molecule has 1 aliphatic rings. The second-order valence-electron chi connectivity index (χ2n) is 4.06. The number of halogens is 1. The van der Waals surface area contributed by atoms with Crippen LogP contribution in [-0.4, -0.2) is 17.3 Å². The summed E-state index contributed by atoms with van der Waals surface area (Å²) in [4.78, 5) is 0. The smallest absolute Gasteiger partial charge is 0.124 e. The van der Waals surface area contributed by atoms with Crippen LogP contribution in [0, 0.1) is 6.92 Å². The Morgan fingerprint density at radius 2 is 2.20 bits per heavy atom. The molecule has 1 aliphatic carbocycles. The van der Waals surface area contributed by atoms with Crippen LogP contribution in [0.4, 0.5) is 0 Å². The molecule has 0 aromatic heterocycles. The Balaban J connectivity index is 2.10. The largest absolute Gasteiger partial charge is 0.487 e. The van der Waals surface area contributed by atoms with Crippen LogP contribution in [0.15, 0.2) is 22.7 Å². The third-order valence-corrected chi connectivity index (χ3v) is 3.33. The molecule has 0 heterocycles.